The van der Waals surface area contributed by atoms with Gasteiger partial charge in [0.05, 0.1) is 78.3 Å². The number of hydrogen-bond acceptors (Lipinski definition) is 14. The molecule has 0 aromatic heterocycles. The van der Waals surface area contributed by atoms with Crippen molar-refractivity contribution in [1.82, 2.24) is 34.7 Å². The molecule has 0 aromatic carbocycles. The quantitative estimate of drug-likeness (QED) is 0.0326. The molecule has 0 aliphatic rings. The highest BCUT2D eigenvalue weighted by Crippen LogP contribution is 2.22. The van der Waals surface area contributed by atoms with Crippen LogP contribution in [0.15, 0.2) is 0 Å². The van der Waals surface area contributed by atoms with E-state index in [-0.39, 0.29) is 120 Å². The predicted molar refractivity (Wildman–Crippen MR) is 430 cm³/mol. The number of primary amides is 1. The molecule has 0 saturated carbocycles. The molecule has 0 spiro atoms. The number of carbonyl (C=O) groups is 9. The lowest BCUT2D eigenvalue weighted by molar-refractivity contribution is -0.148. The van der Waals surface area contributed by atoms with Crippen molar-refractivity contribution in [3.63, 3.8) is 0 Å². The number of nitrogens with two attached hydrogens (primary N) is 1. The average molecular weight is 1500 g/mol. The van der Waals surface area contributed by atoms with Crippen LogP contribution in [0.3, 0.4) is 0 Å². The highest BCUT2D eigenvalue weighted by Gasteiger charge is 2.33. The van der Waals surface area contributed by atoms with Crippen molar-refractivity contribution < 1.29 is 62.8 Å². The molecule has 5 N–H and O–H groups in total. The highest BCUT2D eigenvalue weighted by atomic mass is 16.5. The molecule has 0 heterocycles. The van der Waals surface area contributed by atoms with Gasteiger partial charge in [-0.2, -0.15) is 0 Å². The van der Waals surface area contributed by atoms with Crippen LogP contribution < -0.4 is 11.1 Å². The fraction of sp³-hybridized carbons (Fsp3) is 0.894. The molecule has 106 heavy (non-hydrogen) atoms. The minimum Gasteiger partial charge on any atom is -0.466 e. The minimum absolute atomic E-state index is 0.00943. The fourth-order valence-electron chi connectivity index (χ4n) is 13.7. The van der Waals surface area contributed by atoms with Crippen LogP contribution in [0.25, 0.3) is 0 Å². The first kappa shape index (κ1) is 101. The number of nitrogens with one attached hydrogen (secondary N) is 1. The summed E-state index contributed by atoms with van der Waals surface area (Å²) in [5.74, 6) is -3.35. The van der Waals surface area contributed by atoms with Crippen LogP contribution in [0.5, 0.6) is 0 Å². The van der Waals surface area contributed by atoms with Crippen LogP contribution in [0.2, 0.25) is 0 Å². The van der Waals surface area contributed by atoms with E-state index in [9.17, 15) is 34.2 Å². The van der Waals surface area contributed by atoms with Crippen LogP contribution in [0, 0.1) is 23.7 Å². The van der Waals surface area contributed by atoms with Gasteiger partial charge < -0.3 is 60.1 Å². The molecule has 0 saturated heterocycles. The molecule has 0 aliphatic heterocycles. The van der Waals surface area contributed by atoms with E-state index in [2.05, 4.69) is 74.6 Å². The molecule has 0 radical (unpaired) electrons. The molecule has 21 heteroatoms. The van der Waals surface area contributed by atoms with Crippen LogP contribution in [0.4, 0.5) is 0 Å². The smallest absolute Gasteiger partial charge is 0.305 e. The zero-order valence-corrected chi connectivity index (χ0v) is 69.7. The number of esters is 2. The maximum Gasteiger partial charge on any atom is 0.305 e. The van der Waals surface area contributed by atoms with Crippen LogP contribution in [-0.4, -0.2) is 210 Å². The standard InChI is InChI=1S/C85H162N8O13/c1-11-21-27-29-31-33-35-37-43-53-84(103)105-57-47-41-39-45-55-88(65-81(100)90(64-77(86)96)60-72(17-7)49-23-13-3)80(99)68-92(62-74(19-9)51-25-15-5)83(102)69-93(63-75(20-10)52-26-16-6)82(101)66-89(56-46-40-42-48-58-106-85(104)54-44-38-36-34-32-30-28-22-12-2)79(98)67-91(61-73(18-8)50-24-14-4)78(97)59-87-76(70-94)71-95/h72-76,87,94-95H,11-71H2,1-10H3,(H2,86,96). The Balaban J connectivity index is 7.39. The summed E-state index contributed by atoms with van der Waals surface area (Å²) in [6, 6.07) is -0.741. The molecular formula is C85H162N8O13. The Bertz CT molecular complexity index is 2240. The number of amides is 7. The van der Waals surface area contributed by atoms with Crippen molar-refractivity contribution in [3.8, 4) is 0 Å². The Morgan fingerprint density at radius 3 is 0.858 bits per heavy atom. The normalized spacial score (nSPS) is 12.5. The second kappa shape index (κ2) is 69.3. The van der Waals surface area contributed by atoms with E-state index in [0.717, 1.165) is 148 Å². The molecule has 0 aromatic rings. The topological polar surface area (TPSA) is 270 Å². The first-order chi connectivity index (χ1) is 51.3. The maximum atomic E-state index is 15.5. The number of aliphatic hydroxyl groups is 2. The third-order valence-electron chi connectivity index (χ3n) is 21.3. The van der Waals surface area contributed by atoms with E-state index in [1.165, 1.54) is 96.6 Å². The molecule has 620 valence electrons. The van der Waals surface area contributed by atoms with E-state index in [4.69, 9.17) is 15.2 Å². The zero-order chi connectivity index (χ0) is 78.8. The van der Waals surface area contributed by atoms with Crippen LogP contribution in [0.1, 0.15) is 352 Å². The number of hydrogen-bond donors (Lipinski definition) is 4. The van der Waals surface area contributed by atoms with Gasteiger partial charge in [0, 0.05) is 52.1 Å². The van der Waals surface area contributed by atoms with Crippen molar-refractivity contribution in [2.24, 2.45) is 29.4 Å². The Morgan fingerprint density at radius 2 is 0.566 bits per heavy atom. The van der Waals surface area contributed by atoms with Gasteiger partial charge in [0.15, 0.2) is 0 Å². The lowest BCUT2D eigenvalue weighted by Gasteiger charge is -2.35. The van der Waals surface area contributed by atoms with E-state index in [1.54, 1.807) is 9.80 Å². The monoisotopic (exact) mass is 1500 g/mol. The van der Waals surface area contributed by atoms with Gasteiger partial charge in [0.25, 0.3) is 0 Å². The van der Waals surface area contributed by atoms with Crippen molar-refractivity contribution in [3.05, 3.63) is 0 Å². The van der Waals surface area contributed by atoms with E-state index in [0.29, 0.717) is 77.5 Å². The van der Waals surface area contributed by atoms with Crippen molar-refractivity contribution in [2.75, 3.05) is 112 Å². The van der Waals surface area contributed by atoms with Crippen LogP contribution in [-0.2, 0) is 52.6 Å². The average Bonchev–Trinajstić information content (AvgIpc) is 0.855. The Morgan fingerprint density at radius 1 is 0.311 bits per heavy atom. The SMILES string of the molecule is CCCCCCCCCCCC(=O)OCCCCCCN(CC(=O)N(CC(=O)N(CC(=O)N(CCCCCCOC(=O)CCCCCCCCCCC)CC(=O)N(CC(N)=O)CC(CC)CCCC)CC(CC)CCCC)CC(CC)CCCC)C(=O)CN(CC(CC)CCCC)C(=O)CNC(CO)CO. The van der Waals surface area contributed by atoms with Gasteiger partial charge in [-0.3, -0.25) is 43.2 Å². The summed E-state index contributed by atoms with van der Waals surface area (Å²) in [6.45, 7) is 20.1. The third kappa shape index (κ3) is 53.0. The highest BCUT2D eigenvalue weighted by molar-refractivity contribution is 5.93. The predicted octanol–water partition coefficient (Wildman–Crippen LogP) is 15.3. The van der Waals surface area contributed by atoms with Gasteiger partial charge in [0.2, 0.25) is 41.4 Å². The van der Waals surface area contributed by atoms with Gasteiger partial charge >= 0.3 is 11.9 Å². The Labute approximate surface area is 646 Å². The zero-order valence-electron chi connectivity index (χ0n) is 69.7. The molecule has 0 bridgehead atoms. The molecule has 0 fully saturated rings. The lowest BCUT2D eigenvalue weighted by atomic mass is 9.98. The molecule has 7 amide bonds. The number of carbonyl (C=O) groups excluding carboxylic acids is 9. The first-order valence-corrected chi connectivity index (χ1v) is 43.5. The molecule has 21 nitrogen and oxygen atoms in total. The van der Waals surface area contributed by atoms with Gasteiger partial charge in [-0.05, 0) is 101 Å². The molecular weight excluding hydrogens is 1340 g/mol. The summed E-state index contributed by atoms with van der Waals surface area (Å²) in [7, 11) is 0. The van der Waals surface area contributed by atoms with Gasteiger partial charge in [-0.25, -0.2) is 0 Å². The first-order valence-electron chi connectivity index (χ1n) is 43.5. The number of ether oxygens (including phenoxy) is 2. The number of aliphatic hydroxyl groups excluding tert-OH is 2. The summed E-state index contributed by atoms with van der Waals surface area (Å²) in [5, 5.41) is 22.7. The van der Waals surface area contributed by atoms with Crippen molar-refractivity contribution in [1.29, 1.82) is 0 Å². The lowest BCUT2D eigenvalue weighted by Crippen LogP contribution is -2.53. The van der Waals surface area contributed by atoms with E-state index in [1.807, 2.05) is 0 Å². The second-order valence-corrected chi connectivity index (χ2v) is 30.7. The fourth-order valence-corrected chi connectivity index (χ4v) is 13.7. The van der Waals surface area contributed by atoms with E-state index >= 15 is 19.2 Å². The van der Waals surface area contributed by atoms with Crippen molar-refractivity contribution in [2.45, 2.75) is 358 Å². The maximum absolute atomic E-state index is 15.5. The van der Waals surface area contributed by atoms with Crippen LogP contribution >= 0.6 is 0 Å². The van der Waals surface area contributed by atoms with Gasteiger partial charge in [0.1, 0.15) is 0 Å². The minimum atomic E-state index is -0.741. The Hall–Kier alpha value is -4.89. The number of unbranched alkanes of at least 4 members (excludes halogenated alkanes) is 26. The largest absolute Gasteiger partial charge is 0.466 e. The Kier molecular flexibility index (Phi) is 66.1. The summed E-state index contributed by atoms with van der Waals surface area (Å²) < 4.78 is 11.2. The van der Waals surface area contributed by atoms with Gasteiger partial charge in [-0.15, -0.1) is 0 Å². The second-order valence-electron chi connectivity index (χ2n) is 30.7. The summed E-state index contributed by atoms with van der Waals surface area (Å²) in [5.41, 5.74) is 5.80. The molecule has 4 unspecified atom stereocenters. The number of nitrogens with zero attached hydrogens (tertiary/aromatic N) is 6. The third-order valence-corrected chi connectivity index (χ3v) is 21.3. The number of rotatable bonds is 75. The van der Waals surface area contributed by atoms with Crippen molar-refractivity contribution >= 4 is 53.3 Å². The summed E-state index contributed by atoms with van der Waals surface area (Å²) >= 11 is 0. The van der Waals surface area contributed by atoms with E-state index < -0.39 is 54.7 Å². The summed E-state index contributed by atoms with van der Waals surface area (Å²) in [4.78, 5) is 137. The molecule has 0 aliphatic carbocycles. The molecule has 4 atom stereocenters. The van der Waals surface area contributed by atoms with Gasteiger partial charge in [-0.1, -0.05) is 262 Å². The molecule has 0 rings (SSSR count). The summed E-state index contributed by atoms with van der Waals surface area (Å²) in [6.07, 6.45) is 40.5.